The van der Waals surface area contributed by atoms with Gasteiger partial charge in [-0.15, -0.1) is 0 Å². The van der Waals surface area contributed by atoms with E-state index in [1.807, 2.05) is 36.7 Å². The summed E-state index contributed by atoms with van der Waals surface area (Å²) in [7, 11) is 0. The molecule has 96 valence electrons. The van der Waals surface area contributed by atoms with Gasteiger partial charge < -0.3 is 11.1 Å². The third-order valence-electron chi connectivity index (χ3n) is 2.65. The van der Waals surface area contributed by atoms with Crippen molar-refractivity contribution in [3.05, 3.63) is 31.9 Å². The Bertz CT molecular complexity index is 580. The number of hydrogen-bond acceptors (Lipinski definition) is 3. The molecule has 1 aromatic heterocycles. The van der Waals surface area contributed by atoms with Gasteiger partial charge in [0.1, 0.15) is 0 Å². The lowest BCUT2D eigenvalue weighted by molar-refractivity contribution is 0.661. The van der Waals surface area contributed by atoms with Crippen LogP contribution in [0.3, 0.4) is 0 Å². The number of benzene rings is 1. The van der Waals surface area contributed by atoms with Crippen molar-refractivity contribution in [2.24, 2.45) is 0 Å². The molecular formula is C12H14BrIN4. The lowest BCUT2D eigenvalue weighted by Crippen LogP contribution is -2.05. The first-order chi connectivity index (χ1) is 8.52. The average Bonchev–Trinajstić information content (AvgIpc) is 2.61. The second kappa shape index (κ2) is 5.48. The van der Waals surface area contributed by atoms with E-state index in [9.17, 15) is 0 Å². The summed E-state index contributed by atoms with van der Waals surface area (Å²) in [6.07, 6.45) is 0. The number of rotatable bonds is 3. The van der Waals surface area contributed by atoms with Gasteiger partial charge in [-0.2, -0.15) is 5.10 Å². The number of aryl methyl sites for hydroxylation is 2. The molecule has 18 heavy (non-hydrogen) atoms. The highest BCUT2D eigenvalue weighted by Crippen LogP contribution is 2.30. The van der Waals surface area contributed by atoms with Crippen molar-refractivity contribution in [1.29, 1.82) is 0 Å². The molecule has 0 spiro atoms. The molecule has 0 saturated heterocycles. The summed E-state index contributed by atoms with van der Waals surface area (Å²) in [5.41, 5.74) is 8.63. The van der Waals surface area contributed by atoms with Gasteiger partial charge in [-0.05, 0) is 54.6 Å². The van der Waals surface area contributed by atoms with Gasteiger partial charge >= 0.3 is 0 Å². The Morgan fingerprint density at radius 3 is 2.89 bits per heavy atom. The van der Waals surface area contributed by atoms with E-state index in [4.69, 9.17) is 5.73 Å². The Kier molecular flexibility index (Phi) is 4.16. The van der Waals surface area contributed by atoms with Gasteiger partial charge in [-0.3, -0.25) is 0 Å². The maximum atomic E-state index is 6.05. The normalized spacial score (nSPS) is 10.7. The van der Waals surface area contributed by atoms with Crippen molar-refractivity contribution >= 4 is 55.7 Å². The van der Waals surface area contributed by atoms with Crippen LogP contribution in [-0.2, 0) is 6.54 Å². The molecule has 3 N–H and O–H groups in total. The van der Waals surface area contributed by atoms with Gasteiger partial charge in [-0.25, -0.2) is 4.68 Å². The van der Waals surface area contributed by atoms with E-state index >= 15 is 0 Å². The molecule has 0 aliphatic rings. The first-order valence-electron chi connectivity index (χ1n) is 5.58. The Balaban J connectivity index is 2.42. The number of nitrogen functional groups attached to an aromatic ring is 1. The zero-order valence-electron chi connectivity index (χ0n) is 10.2. The predicted octanol–water partition coefficient (Wildman–Crippen LogP) is 3.90. The standard InChI is InChI=1S/C12H14BrIN4/c1-3-18-12(11(15)7(2)17-18)16-10-6-8(13)4-5-9(10)14/h4-6,16H,3,15H2,1-2H3. The smallest absolute Gasteiger partial charge is 0.152 e. The third-order valence-corrected chi connectivity index (χ3v) is 4.09. The van der Waals surface area contributed by atoms with Crippen LogP contribution in [0.2, 0.25) is 0 Å². The number of nitrogens with one attached hydrogen (secondary N) is 1. The number of nitrogens with two attached hydrogens (primary N) is 1. The van der Waals surface area contributed by atoms with E-state index in [0.29, 0.717) is 5.69 Å². The van der Waals surface area contributed by atoms with Gasteiger partial charge in [0, 0.05) is 14.6 Å². The minimum absolute atomic E-state index is 0.702. The van der Waals surface area contributed by atoms with Crippen molar-refractivity contribution in [1.82, 2.24) is 9.78 Å². The van der Waals surface area contributed by atoms with Crippen LogP contribution in [0.25, 0.3) is 0 Å². The van der Waals surface area contributed by atoms with E-state index in [0.717, 1.165) is 31.8 Å². The monoisotopic (exact) mass is 420 g/mol. The van der Waals surface area contributed by atoms with Crippen LogP contribution in [-0.4, -0.2) is 9.78 Å². The number of aromatic nitrogens is 2. The number of anilines is 3. The summed E-state index contributed by atoms with van der Waals surface area (Å²) >= 11 is 5.76. The maximum Gasteiger partial charge on any atom is 0.152 e. The highest BCUT2D eigenvalue weighted by Gasteiger charge is 2.12. The van der Waals surface area contributed by atoms with Crippen LogP contribution in [0.15, 0.2) is 22.7 Å². The van der Waals surface area contributed by atoms with Crippen LogP contribution in [0.1, 0.15) is 12.6 Å². The molecule has 2 aromatic rings. The zero-order valence-corrected chi connectivity index (χ0v) is 13.9. The van der Waals surface area contributed by atoms with Crippen LogP contribution >= 0.6 is 38.5 Å². The predicted molar refractivity (Wildman–Crippen MR) is 87.2 cm³/mol. The summed E-state index contributed by atoms with van der Waals surface area (Å²) in [5, 5.41) is 7.75. The Morgan fingerprint density at radius 2 is 2.22 bits per heavy atom. The van der Waals surface area contributed by atoms with Crippen LogP contribution in [0.4, 0.5) is 17.2 Å². The van der Waals surface area contributed by atoms with E-state index in [-0.39, 0.29) is 0 Å². The molecule has 0 fully saturated rings. The minimum Gasteiger partial charge on any atom is -0.394 e. The second-order valence-corrected chi connectivity index (χ2v) is 5.99. The van der Waals surface area contributed by atoms with Gasteiger partial charge in [0.25, 0.3) is 0 Å². The number of halogens is 2. The van der Waals surface area contributed by atoms with Crippen molar-refractivity contribution in [3.63, 3.8) is 0 Å². The molecule has 0 saturated carbocycles. The van der Waals surface area contributed by atoms with Crippen molar-refractivity contribution in [3.8, 4) is 0 Å². The van der Waals surface area contributed by atoms with Crippen LogP contribution < -0.4 is 11.1 Å². The average molecular weight is 421 g/mol. The van der Waals surface area contributed by atoms with Gasteiger partial charge in [0.05, 0.1) is 17.1 Å². The zero-order chi connectivity index (χ0) is 13.3. The molecule has 2 rings (SSSR count). The fourth-order valence-corrected chi connectivity index (χ4v) is 2.51. The van der Waals surface area contributed by atoms with Gasteiger partial charge in [-0.1, -0.05) is 15.9 Å². The van der Waals surface area contributed by atoms with E-state index in [1.54, 1.807) is 0 Å². The van der Waals surface area contributed by atoms with Gasteiger partial charge in [0.15, 0.2) is 5.82 Å². The first-order valence-corrected chi connectivity index (χ1v) is 7.45. The minimum atomic E-state index is 0.702. The Hall–Kier alpha value is -0.760. The SMILES string of the molecule is CCn1nc(C)c(N)c1Nc1cc(Br)ccc1I. The van der Waals surface area contributed by atoms with E-state index < -0.39 is 0 Å². The second-order valence-electron chi connectivity index (χ2n) is 3.91. The molecule has 0 amide bonds. The molecule has 0 radical (unpaired) electrons. The molecule has 0 aliphatic carbocycles. The topological polar surface area (TPSA) is 55.9 Å². The molecule has 1 aromatic carbocycles. The Morgan fingerprint density at radius 1 is 1.50 bits per heavy atom. The summed E-state index contributed by atoms with van der Waals surface area (Å²) in [6.45, 7) is 4.74. The quantitative estimate of drug-likeness (QED) is 0.740. The summed E-state index contributed by atoms with van der Waals surface area (Å²) in [6, 6.07) is 6.09. The molecule has 0 atom stereocenters. The van der Waals surface area contributed by atoms with E-state index in [2.05, 4.69) is 48.9 Å². The molecule has 6 heteroatoms. The molecule has 0 bridgehead atoms. The summed E-state index contributed by atoms with van der Waals surface area (Å²) in [5.74, 6) is 0.853. The molecule has 0 unspecified atom stereocenters. The lowest BCUT2D eigenvalue weighted by Gasteiger charge is -2.11. The Labute approximate surface area is 128 Å². The number of nitrogens with zero attached hydrogens (tertiary/aromatic N) is 2. The number of hydrogen-bond donors (Lipinski definition) is 2. The highest BCUT2D eigenvalue weighted by atomic mass is 127. The lowest BCUT2D eigenvalue weighted by atomic mass is 10.3. The third kappa shape index (κ3) is 2.64. The molecule has 0 aliphatic heterocycles. The molecule has 1 heterocycles. The highest BCUT2D eigenvalue weighted by molar-refractivity contribution is 14.1. The summed E-state index contributed by atoms with van der Waals surface area (Å²) < 4.78 is 4.04. The van der Waals surface area contributed by atoms with Crippen molar-refractivity contribution in [2.45, 2.75) is 20.4 Å². The maximum absolute atomic E-state index is 6.05. The summed E-state index contributed by atoms with van der Waals surface area (Å²) in [4.78, 5) is 0. The fourth-order valence-electron chi connectivity index (χ4n) is 1.68. The largest absolute Gasteiger partial charge is 0.394 e. The fraction of sp³-hybridized carbons (Fsp3) is 0.250. The molecule has 4 nitrogen and oxygen atoms in total. The molecular weight excluding hydrogens is 407 g/mol. The first kappa shape index (κ1) is 13.7. The van der Waals surface area contributed by atoms with Crippen LogP contribution in [0.5, 0.6) is 0 Å². The van der Waals surface area contributed by atoms with Crippen molar-refractivity contribution < 1.29 is 0 Å². The van der Waals surface area contributed by atoms with Crippen molar-refractivity contribution in [2.75, 3.05) is 11.1 Å². The van der Waals surface area contributed by atoms with Crippen LogP contribution in [0, 0.1) is 10.5 Å². The van der Waals surface area contributed by atoms with E-state index in [1.165, 1.54) is 0 Å². The van der Waals surface area contributed by atoms with Gasteiger partial charge in [0.2, 0.25) is 0 Å².